The second-order valence-corrected chi connectivity index (χ2v) is 10.1. The standard InChI is InChI=1S/C30H30N2O10S/c1-5-39-22-14-19(9-12-21(22)42-16-25(35)38-4)27-26(29(37)40-6-2)17(3)31-30-32(27)28(36)23(43-30)13-18-7-10-20(11-8-18)41-15-24(33)34/h7-14,27H,5-6,15-16H2,1-4H3,(H,33,34)/b23-13-/t27-/m1/s1. The van der Waals surface area contributed by atoms with E-state index in [1.54, 1.807) is 69.3 Å². The Morgan fingerprint density at radius 3 is 2.40 bits per heavy atom. The molecule has 0 aliphatic carbocycles. The Morgan fingerprint density at radius 1 is 1.00 bits per heavy atom. The van der Waals surface area contributed by atoms with Gasteiger partial charge in [-0.15, -0.1) is 0 Å². The molecular formula is C30H30N2O10S. The number of allylic oxidation sites excluding steroid dienone is 1. The van der Waals surface area contributed by atoms with Crippen molar-refractivity contribution in [3.05, 3.63) is 84.5 Å². The lowest BCUT2D eigenvalue weighted by atomic mass is 9.95. The first-order chi connectivity index (χ1) is 20.7. The molecule has 0 bridgehead atoms. The van der Waals surface area contributed by atoms with Crippen molar-refractivity contribution in [2.24, 2.45) is 4.99 Å². The number of methoxy groups -OCH3 is 1. The fourth-order valence-corrected chi connectivity index (χ4v) is 5.39. The van der Waals surface area contributed by atoms with E-state index in [0.717, 1.165) is 11.3 Å². The highest BCUT2D eigenvalue weighted by Crippen LogP contribution is 2.36. The summed E-state index contributed by atoms with van der Waals surface area (Å²) in [5, 5.41) is 8.81. The van der Waals surface area contributed by atoms with E-state index in [0.29, 0.717) is 44.3 Å². The predicted octanol–water partition coefficient (Wildman–Crippen LogP) is 2.21. The van der Waals surface area contributed by atoms with E-state index in [1.807, 2.05) is 0 Å². The molecule has 0 radical (unpaired) electrons. The quantitative estimate of drug-likeness (QED) is 0.302. The Labute approximate surface area is 250 Å². The van der Waals surface area contributed by atoms with Crippen molar-refractivity contribution in [1.29, 1.82) is 0 Å². The van der Waals surface area contributed by atoms with Gasteiger partial charge in [-0.1, -0.05) is 29.5 Å². The number of thiazole rings is 1. The third-order valence-electron chi connectivity index (χ3n) is 6.21. The van der Waals surface area contributed by atoms with Gasteiger partial charge in [0.2, 0.25) is 0 Å². The van der Waals surface area contributed by atoms with Gasteiger partial charge >= 0.3 is 17.9 Å². The molecule has 2 heterocycles. The van der Waals surface area contributed by atoms with Gasteiger partial charge in [0, 0.05) is 0 Å². The number of hydrogen-bond donors (Lipinski definition) is 1. The summed E-state index contributed by atoms with van der Waals surface area (Å²) >= 11 is 1.16. The summed E-state index contributed by atoms with van der Waals surface area (Å²) in [7, 11) is 1.26. The predicted molar refractivity (Wildman–Crippen MR) is 155 cm³/mol. The summed E-state index contributed by atoms with van der Waals surface area (Å²) in [5.74, 6) is -1.28. The number of carboxylic acids is 1. The number of benzene rings is 2. The van der Waals surface area contributed by atoms with E-state index in [9.17, 15) is 19.2 Å². The van der Waals surface area contributed by atoms with Gasteiger partial charge < -0.3 is 28.8 Å². The third-order valence-corrected chi connectivity index (χ3v) is 7.20. The van der Waals surface area contributed by atoms with Crippen LogP contribution in [0.3, 0.4) is 0 Å². The molecule has 1 aliphatic rings. The zero-order valence-electron chi connectivity index (χ0n) is 23.9. The number of rotatable bonds is 12. The summed E-state index contributed by atoms with van der Waals surface area (Å²) < 4.78 is 28.4. The number of carbonyl (C=O) groups excluding carboxylic acids is 2. The van der Waals surface area contributed by atoms with Gasteiger partial charge in [0.15, 0.2) is 29.5 Å². The Bertz CT molecular complexity index is 1740. The number of nitrogens with zero attached hydrogens (tertiary/aromatic N) is 2. The van der Waals surface area contributed by atoms with Crippen molar-refractivity contribution in [2.75, 3.05) is 33.5 Å². The minimum absolute atomic E-state index is 0.128. The Hall–Kier alpha value is -4.91. The van der Waals surface area contributed by atoms with Crippen LogP contribution < -0.4 is 29.1 Å². The molecule has 0 saturated heterocycles. The van der Waals surface area contributed by atoms with Crippen LogP contribution in [-0.4, -0.2) is 61.1 Å². The second kappa shape index (κ2) is 13.8. The molecule has 0 amide bonds. The molecule has 13 heteroatoms. The van der Waals surface area contributed by atoms with Crippen molar-refractivity contribution in [3.63, 3.8) is 0 Å². The summed E-state index contributed by atoms with van der Waals surface area (Å²) in [6.45, 7) is 4.79. The van der Waals surface area contributed by atoms with Crippen molar-refractivity contribution in [2.45, 2.75) is 26.8 Å². The Kier molecular flexibility index (Phi) is 9.99. The second-order valence-electron chi connectivity index (χ2n) is 9.06. The number of fused-ring (bicyclic) bond motifs is 1. The monoisotopic (exact) mass is 610 g/mol. The van der Waals surface area contributed by atoms with Gasteiger partial charge in [0.1, 0.15) is 5.75 Å². The van der Waals surface area contributed by atoms with Crippen molar-refractivity contribution >= 4 is 35.3 Å². The number of aromatic nitrogens is 1. The zero-order valence-corrected chi connectivity index (χ0v) is 24.8. The lowest BCUT2D eigenvalue weighted by Crippen LogP contribution is -2.40. The van der Waals surface area contributed by atoms with Crippen LogP contribution in [0.2, 0.25) is 0 Å². The van der Waals surface area contributed by atoms with Crippen molar-refractivity contribution in [3.8, 4) is 17.2 Å². The molecule has 43 heavy (non-hydrogen) atoms. The summed E-state index contributed by atoms with van der Waals surface area (Å²) in [5.41, 5.74) is 1.44. The maximum Gasteiger partial charge on any atom is 0.343 e. The van der Waals surface area contributed by atoms with Crippen LogP contribution in [0.4, 0.5) is 0 Å². The molecule has 0 fully saturated rings. The van der Waals surface area contributed by atoms with E-state index in [2.05, 4.69) is 9.73 Å². The average molecular weight is 611 g/mol. The first kappa shape index (κ1) is 31.0. The largest absolute Gasteiger partial charge is 0.490 e. The highest BCUT2D eigenvalue weighted by Gasteiger charge is 2.34. The molecule has 1 atom stereocenters. The van der Waals surface area contributed by atoms with E-state index in [1.165, 1.54) is 11.7 Å². The lowest BCUT2D eigenvalue weighted by Gasteiger charge is -2.25. The van der Waals surface area contributed by atoms with E-state index >= 15 is 0 Å². The first-order valence-corrected chi connectivity index (χ1v) is 14.1. The molecule has 226 valence electrons. The SMILES string of the molecule is CCOC(=O)C1=C(C)N=c2s/c(=C\c3ccc(OCC(=O)O)cc3)c(=O)n2[C@@H]1c1ccc(OCC(=O)OC)c(OCC)c1. The van der Waals surface area contributed by atoms with E-state index in [4.69, 9.17) is 24.1 Å². The van der Waals surface area contributed by atoms with Crippen LogP contribution in [0.25, 0.3) is 6.08 Å². The number of hydrogen-bond acceptors (Lipinski definition) is 11. The van der Waals surface area contributed by atoms with Gasteiger partial charge in [0.25, 0.3) is 5.56 Å². The van der Waals surface area contributed by atoms with Crippen LogP contribution in [0.5, 0.6) is 17.2 Å². The minimum atomic E-state index is -1.09. The fourth-order valence-electron chi connectivity index (χ4n) is 4.34. The highest BCUT2D eigenvalue weighted by molar-refractivity contribution is 7.07. The molecule has 0 saturated carbocycles. The van der Waals surface area contributed by atoms with Crippen LogP contribution in [0, 0.1) is 0 Å². The molecule has 3 aromatic rings. The molecular weight excluding hydrogens is 580 g/mol. The first-order valence-electron chi connectivity index (χ1n) is 13.3. The normalized spacial score (nSPS) is 14.4. The lowest BCUT2D eigenvalue weighted by molar-refractivity contribution is -0.143. The van der Waals surface area contributed by atoms with Crippen LogP contribution in [-0.2, 0) is 23.9 Å². The molecule has 12 nitrogen and oxygen atoms in total. The molecule has 4 rings (SSSR count). The average Bonchev–Trinajstić information content (AvgIpc) is 3.29. The number of esters is 2. The van der Waals surface area contributed by atoms with Gasteiger partial charge in [-0.25, -0.2) is 19.4 Å². The fraction of sp³-hybridized carbons (Fsp3) is 0.300. The van der Waals surface area contributed by atoms with Crippen LogP contribution in [0.1, 0.15) is 37.9 Å². The third kappa shape index (κ3) is 7.12. The summed E-state index contributed by atoms with van der Waals surface area (Å²) in [6.07, 6.45) is 1.68. The van der Waals surface area contributed by atoms with Crippen molar-refractivity contribution in [1.82, 2.24) is 4.57 Å². The molecule has 1 aliphatic heterocycles. The van der Waals surface area contributed by atoms with Crippen molar-refractivity contribution < 1.29 is 43.2 Å². The smallest absolute Gasteiger partial charge is 0.343 e. The van der Waals surface area contributed by atoms with E-state index in [-0.39, 0.29) is 30.1 Å². The molecule has 0 spiro atoms. The highest BCUT2D eigenvalue weighted by atomic mass is 32.1. The molecule has 1 aromatic heterocycles. The van der Waals surface area contributed by atoms with Gasteiger partial charge in [-0.2, -0.15) is 0 Å². The Balaban J connectivity index is 1.82. The Morgan fingerprint density at radius 2 is 1.74 bits per heavy atom. The van der Waals surface area contributed by atoms with Crippen LogP contribution >= 0.6 is 11.3 Å². The number of ether oxygens (including phenoxy) is 5. The van der Waals surface area contributed by atoms with E-state index < -0.39 is 30.6 Å². The molecule has 2 aromatic carbocycles. The minimum Gasteiger partial charge on any atom is -0.490 e. The van der Waals surface area contributed by atoms with Gasteiger partial charge in [-0.3, -0.25) is 9.36 Å². The van der Waals surface area contributed by atoms with Crippen LogP contribution in [0.15, 0.2) is 63.5 Å². The number of carboxylic acid groups (broad SMARTS) is 1. The maximum atomic E-state index is 13.9. The number of carbonyl (C=O) groups is 3. The van der Waals surface area contributed by atoms with Gasteiger partial charge in [-0.05, 0) is 62.2 Å². The topological polar surface area (TPSA) is 152 Å². The molecule has 0 unspecified atom stereocenters. The number of aliphatic carboxylic acids is 1. The summed E-state index contributed by atoms with van der Waals surface area (Å²) in [6, 6.07) is 10.7. The molecule has 1 N–H and O–H groups in total. The zero-order chi connectivity index (χ0) is 31.1. The summed E-state index contributed by atoms with van der Waals surface area (Å²) in [4.78, 5) is 54.5. The maximum absolute atomic E-state index is 13.9. The van der Waals surface area contributed by atoms with Gasteiger partial charge in [0.05, 0.1) is 42.2 Å².